The van der Waals surface area contributed by atoms with Crippen LogP contribution in [0.4, 0.5) is 0 Å². The molecular formula is C12H15BrOS. The van der Waals surface area contributed by atoms with Crippen LogP contribution in [0, 0.1) is 0 Å². The number of alkyl halides is 1. The van der Waals surface area contributed by atoms with Gasteiger partial charge in [0, 0.05) is 4.90 Å². The molecule has 3 heteroatoms. The van der Waals surface area contributed by atoms with Crippen molar-refractivity contribution in [2.75, 3.05) is 6.26 Å². The molecule has 0 amide bonds. The van der Waals surface area contributed by atoms with Gasteiger partial charge in [-0.2, -0.15) is 0 Å². The van der Waals surface area contributed by atoms with E-state index in [9.17, 15) is 4.79 Å². The van der Waals surface area contributed by atoms with E-state index in [1.54, 1.807) is 18.7 Å². The van der Waals surface area contributed by atoms with Crippen LogP contribution in [-0.4, -0.2) is 12.0 Å². The summed E-state index contributed by atoms with van der Waals surface area (Å²) in [6.45, 7) is 3.75. The van der Waals surface area contributed by atoms with E-state index in [0.717, 1.165) is 12.0 Å². The summed E-state index contributed by atoms with van der Waals surface area (Å²) in [5.74, 6) is 0.145. The molecule has 0 aliphatic carbocycles. The second-order valence-electron chi connectivity index (χ2n) is 3.40. The SMILES string of the molecule is CCc1ccc(C(Br)C(C)=O)cc1SC. The zero-order valence-corrected chi connectivity index (χ0v) is 11.6. The summed E-state index contributed by atoms with van der Waals surface area (Å²) in [6, 6.07) is 6.24. The second kappa shape index (κ2) is 5.71. The third-order valence-corrected chi connectivity index (χ3v) is 4.33. The fourth-order valence-corrected chi connectivity index (χ4v) is 2.46. The first-order valence-electron chi connectivity index (χ1n) is 4.91. The van der Waals surface area contributed by atoms with E-state index in [0.29, 0.717) is 0 Å². The van der Waals surface area contributed by atoms with Crippen molar-refractivity contribution in [3.63, 3.8) is 0 Å². The standard InChI is InChI=1S/C12H15BrOS/c1-4-9-5-6-10(7-11(9)15-3)12(13)8(2)14/h5-7,12H,4H2,1-3H3. The van der Waals surface area contributed by atoms with Crippen LogP contribution in [0.3, 0.4) is 0 Å². The molecule has 0 saturated carbocycles. The number of hydrogen-bond acceptors (Lipinski definition) is 2. The Bertz CT molecular complexity index is 363. The lowest BCUT2D eigenvalue weighted by atomic mass is 10.1. The van der Waals surface area contributed by atoms with E-state index < -0.39 is 0 Å². The van der Waals surface area contributed by atoms with Gasteiger partial charge in [0.2, 0.25) is 0 Å². The molecule has 1 unspecified atom stereocenters. The van der Waals surface area contributed by atoms with E-state index in [4.69, 9.17) is 0 Å². The summed E-state index contributed by atoms with van der Waals surface area (Å²) in [4.78, 5) is 12.3. The fraction of sp³-hybridized carbons (Fsp3) is 0.417. The third kappa shape index (κ3) is 3.08. The lowest BCUT2D eigenvalue weighted by Crippen LogP contribution is -2.01. The van der Waals surface area contributed by atoms with Gasteiger partial charge in [0.1, 0.15) is 5.78 Å². The summed E-state index contributed by atoms with van der Waals surface area (Å²) < 4.78 is 0. The van der Waals surface area contributed by atoms with Crippen LogP contribution in [0.1, 0.15) is 29.8 Å². The predicted molar refractivity (Wildman–Crippen MR) is 70.0 cm³/mol. The predicted octanol–water partition coefficient (Wildman–Crippen LogP) is 4.00. The van der Waals surface area contributed by atoms with Crippen LogP contribution in [-0.2, 0) is 11.2 Å². The maximum absolute atomic E-state index is 11.2. The number of carbonyl (C=O) groups excluding carboxylic acids is 1. The Morgan fingerprint density at radius 1 is 1.53 bits per heavy atom. The number of carbonyl (C=O) groups is 1. The van der Waals surface area contributed by atoms with Crippen molar-refractivity contribution in [2.45, 2.75) is 30.0 Å². The van der Waals surface area contributed by atoms with E-state index in [-0.39, 0.29) is 10.6 Å². The van der Waals surface area contributed by atoms with Crippen LogP contribution < -0.4 is 0 Å². The van der Waals surface area contributed by atoms with Crippen LogP contribution in [0.5, 0.6) is 0 Å². The minimum absolute atomic E-state index is 0.145. The molecule has 15 heavy (non-hydrogen) atoms. The molecule has 82 valence electrons. The van der Waals surface area contributed by atoms with Crippen molar-refractivity contribution in [1.82, 2.24) is 0 Å². The Kier molecular flexibility index (Phi) is 4.87. The zero-order valence-electron chi connectivity index (χ0n) is 9.21. The number of Topliss-reactive ketones (excluding diaryl/α,β-unsaturated/α-hetero) is 1. The van der Waals surface area contributed by atoms with Gasteiger partial charge in [0.15, 0.2) is 0 Å². The number of benzene rings is 1. The summed E-state index contributed by atoms with van der Waals surface area (Å²) in [5, 5.41) is 0. The molecule has 0 aliphatic rings. The van der Waals surface area contributed by atoms with Gasteiger partial charge >= 0.3 is 0 Å². The van der Waals surface area contributed by atoms with Gasteiger partial charge in [0.05, 0.1) is 4.83 Å². The van der Waals surface area contributed by atoms with Crippen molar-refractivity contribution < 1.29 is 4.79 Å². The van der Waals surface area contributed by atoms with Crippen LogP contribution in [0.25, 0.3) is 0 Å². The molecule has 1 atom stereocenters. The number of ketones is 1. The number of halogens is 1. The summed E-state index contributed by atoms with van der Waals surface area (Å²) in [5.41, 5.74) is 2.39. The van der Waals surface area contributed by atoms with Gasteiger partial charge in [-0.3, -0.25) is 4.79 Å². The van der Waals surface area contributed by atoms with Crippen molar-refractivity contribution in [3.8, 4) is 0 Å². The van der Waals surface area contributed by atoms with Crippen molar-refractivity contribution in [2.24, 2.45) is 0 Å². The number of aryl methyl sites for hydroxylation is 1. The lowest BCUT2D eigenvalue weighted by molar-refractivity contribution is -0.116. The molecule has 0 aromatic heterocycles. The van der Waals surface area contributed by atoms with Crippen LogP contribution in [0.15, 0.2) is 23.1 Å². The molecule has 1 rings (SSSR count). The van der Waals surface area contributed by atoms with Crippen molar-refractivity contribution >= 4 is 33.5 Å². The van der Waals surface area contributed by atoms with Gasteiger partial charge in [-0.1, -0.05) is 35.0 Å². The molecular weight excluding hydrogens is 272 g/mol. The van der Waals surface area contributed by atoms with E-state index in [2.05, 4.69) is 41.2 Å². The van der Waals surface area contributed by atoms with E-state index in [1.807, 2.05) is 6.07 Å². The molecule has 0 aliphatic heterocycles. The highest BCUT2D eigenvalue weighted by molar-refractivity contribution is 9.09. The van der Waals surface area contributed by atoms with Crippen LogP contribution in [0.2, 0.25) is 0 Å². The molecule has 0 bridgehead atoms. The van der Waals surface area contributed by atoms with E-state index >= 15 is 0 Å². The number of thioether (sulfide) groups is 1. The minimum Gasteiger partial charge on any atom is -0.298 e. The highest BCUT2D eigenvalue weighted by Gasteiger charge is 2.13. The average molecular weight is 287 g/mol. The maximum Gasteiger partial charge on any atom is 0.147 e. The molecule has 0 heterocycles. The Morgan fingerprint density at radius 2 is 2.20 bits per heavy atom. The molecule has 1 nitrogen and oxygen atoms in total. The van der Waals surface area contributed by atoms with Gasteiger partial charge in [-0.25, -0.2) is 0 Å². The first kappa shape index (κ1) is 12.8. The summed E-state index contributed by atoms with van der Waals surface area (Å²) >= 11 is 5.13. The van der Waals surface area contributed by atoms with E-state index in [1.165, 1.54) is 10.5 Å². The Hall–Kier alpha value is -0.280. The molecule has 0 N–H and O–H groups in total. The average Bonchev–Trinajstić information content (AvgIpc) is 2.26. The number of rotatable bonds is 4. The van der Waals surface area contributed by atoms with Gasteiger partial charge in [-0.15, -0.1) is 11.8 Å². The quantitative estimate of drug-likeness (QED) is 0.615. The molecule has 0 saturated heterocycles. The molecule has 0 fully saturated rings. The fourth-order valence-electron chi connectivity index (χ4n) is 1.45. The molecule has 1 aromatic rings. The largest absolute Gasteiger partial charge is 0.298 e. The monoisotopic (exact) mass is 286 g/mol. The first-order chi connectivity index (χ1) is 7.10. The smallest absolute Gasteiger partial charge is 0.147 e. The highest BCUT2D eigenvalue weighted by atomic mass is 79.9. The van der Waals surface area contributed by atoms with Gasteiger partial charge in [-0.05, 0) is 36.8 Å². The van der Waals surface area contributed by atoms with Gasteiger partial charge in [0.25, 0.3) is 0 Å². The topological polar surface area (TPSA) is 17.1 Å². The molecule has 0 radical (unpaired) electrons. The third-order valence-electron chi connectivity index (χ3n) is 2.34. The Morgan fingerprint density at radius 3 is 2.67 bits per heavy atom. The lowest BCUT2D eigenvalue weighted by Gasteiger charge is -2.11. The second-order valence-corrected chi connectivity index (χ2v) is 5.16. The van der Waals surface area contributed by atoms with Crippen molar-refractivity contribution in [1.29, 1.82) is 0 Å². The van der Waals surface area contributed by atoms with Crippen molar-refractivity contribution in [3.05, 3.63) is 29.3 Å². The Balaban J connectivity index is 3.07. The minimum atomic E-state index is -0.172. The van der Waals surface area contributed by atoms with Gasteiger partial charge < -0.3 is 0 Å². The normalized spacial score (nSPS) is 12.5. The maximum atomic E-state index is 11.2. The number of hydrogen-bond donors (Lipinski definition) is 0. The Labute approximate surface area is 104 Å². The summed E-state index contributed by atoms with van der Waals surface area (Å²) in [7, 11) is 0. The van der Waals surface area contributed by atoms with Crippen LogP contribution >= 0.6 is 27.7 Å². The highest BCUT2D eigenvalue weighted by Crippen LogP contribution is 2.29. The molecule has 1 aromatic carbocycles. The first-order valence-corrected chi connectivity index (χ1v) is 7.05. The summed E-state index contributed by atoms with van der Waals surface area (Å²) in [6.07, 6.45) is 3.10. The molecule has 0 spiro atoms. The zero-order chi connectivity index (χ0) is 11.4.